The van der Waals surface area contributed by atoms with Gasteiger partial charge in [-0.25, -0.2) is 0 Å². The minimum absolute atomic E-state index is 0.0128. The summed E-state index contributed by atoms with van der Waals surface area (Å²) in [5.41, 5.74) is 0.624. The van der Waals surface area contributed by atoms with Crippen LogP contribution >= 0.6 is 15.9 Å². The fraction of sp³-hybridized carbons (Fsp3) is 0.300. The van der Waals surface area contributed by atoms with Gasteiger partial charge in [-0.2, -0.15) is 0 Å². The van der Waals surface area contributed by atoms with E-state index in [9.17, 15) is 4.79 Å². The van der Waals surface area contributed by atoms with Crippen molar-refractivity contribution in [3.8, 4) is 5.75 Å². The molecule has 1 aliphatic rings. The molecule has 1 amide bonds. The molecule has 1 aliphatic heterocycles. The van der Waals surface area contributed by atoms with Crippen LogP contribution in [0.5, 0.6) is 5.75 Å². The molecule has 0 N–H and O–H groups in total. The van der Waals surface area contributed by atoms with Gasteiger partial charge in [-0.05, 0) is 28.1 Å². The van der Waals surface area contributed by atoms with E-state index in [4.69, 9.17) is 4.74 Å². The van der Waals surface area contributed by atoms with Gasteiger partial charge in [0.25, 0.3) is 5.91 Å². The van der Waals surface area contributed by atoms with E-state index in [0.29, 0.717) is 24.5 Å². The van der Waals surface area contributed by atoms with Gasteiger partial charge in [0.1, 0.15) is 12.4 Å². The Labute approximate surface area is 90.8 Å². The Balaban J connectivity index is 2.53. The lowest BCUT2D eigenvalue weighted by molar-refractivity contribution is 0.0797. The van der Waals surface area contributed by atoms with Crippen LogP contribution in [0.4, 0.5) is 0 Å². The molecular weight excluding hydrogens is 246 g/mol. The number of rotatable bonds is 0. The highest BCUT2D eigenvalue weighted by atomic mass is 79.9. The van der Waals surface area contributed by atoms with Crippen molar-refractivity contribution in [1.29, 1.82) is 0 Å². The largest absolute Gasteiger partial charge is 0.490 e. The molecule has 0 saturated carbocycles. The van der Waals surface area contributed by atoms with Crippen molar-refractivity contribution in [3.05, 3.63) is 28.2 Å². The van der Waals surface area contributed by atoms with Crippen molar-refractivity contribution in [2.75, 3.05) is 20.2 Å². The molecular formula is C10H10BrNO2. The van der Waals surface area contributed by atoms with Gasteiger partial charge in [-0.15, -0.1) is 0 Å². The maximum Gasteiger partial charge on any atom is 0.257 e. The zero-order valence-electron chi connectivity index (χ0n) is 7.79. The molecule has 0 saturated heterocycles. The van der Waals surface area contributed by atoms with Gasteiger partial charge in [0, 0.05) is 7.05 Å². The average Bonchev–Trinajstić information content (AvgIpc) is 2.31. The number of nitrogens with zero attached hydrogens (tertiary/aromatic N) is 1. The summed E-state index contributed by atoms with van der Waals surface area (Å²) < 4.78 is 6.34. The zero-order valence-corrected chi connectivity index (χ0v) is 9.37. The summed E-state index contributed by atoms with van der Waals surface area (Å²) in [5.74, 6) is 0.667. The molecule has 1 aromatic rings. The number of hydrogen-bond acceptors (Lipinski definition) is 2. The van der Waals surface area contributed by atoms with Gasteiger partial charge in [0.2, 0.25) is 0 Å². The van der Waals surface area contributed by atoms with Crippen LogP contribution in [0.3, 0.4) is 0 Å². The average molecular weight is 256 g/mol. The Morgan fingerprint density at radius 2 is 2.29 bits per heavy atom. The third-order valence-electron chi connectivity index (χ3n) is 2.22. The van der Waals surface area contributed by atoms with Crippen molar-refractivity contribution < 1.29 is 9.53 Å². The van der Waals surface area contributed by atoms with Crippen LogP contribution in [0.25, 0.3) is 0 Å². The first kappa shape index (κ1) is 9.52. The van der Waals surface area contributed by atoms with E-state index in [0.717, 1.165) is 4.47 Å². The van der Waals surface area contributed by atoms with Crippen LogP contribution in [0.15, 0.2) is 22.7 Å². The number of para-hydroxylation sites is 1. The van der Waals surface area contributed by atoms with Gasteiger partial charge < -0.3 is 9.64 Å². The first-order valence-corrected chi connectivity index (χ1v) is 5.16. The zero-order chi connectivity index (χ0) is 10.1. The highest BCUT2D eigenvalue weighted by Gasteiger charge is 2.21. The summed E-state index contributed by atoms with van der Waals surface area (Å²) in [7, 11) is 1.78. The molecule has 0 atom stereocenters. The maximum atomic E-state index is 11.8. The maximum absolute atomic E-state index is 11.8. The second-order valence-corrected chi connectivity index (χ2v) is 4.05. The number of amides is 1. The molecule has 0 aliphatic carbocycles. The number of likely N-dealkylation sites (N-methyl/N-ethyl adjacent to an activating group) is 1. The monoisotopic (exact) mass is 255 g/mol. The van der Waals surface area contributed by atoms with E-state index in [1.165, 1.54) is 0 Å². The molecule has 0 aromatic heterocycles. The van der Waals surface area contributed by atoms with Crippen LogP contribution in [0, 0.1) is 0 Å². The molecule has 74 valence electrons. The minimum Gasteiger partial charge on any atom is -0.490 e. The number of fused-ring (bicyclic) bond motifs is 1. The summed E-state index contributed by atoms with van der Waals surface area (Å²) in [6, 6.07) is 5.49. The van der Waals surface area contributed by atoms with E-state index in [2.05, 4.69) is 15.9 Å². The Hall–Kier alpha value is -1.03. The fourth-order valence-corrected chi connectivity index (χ4v) is 1.90. The molecule has 4 heteroatoms. The van der Waals surface area contributed by atoms with E-state index >= 15 is 0 Å². The number of halogens is 1. The first-order chi connectivity index (χ1) is 6.70. The quantitative estimate of drug-likeness (QED) is 0.709. The smallest absolute Gasteiger partial charge is 0.257 e. The predicted octanol–water partition coefficient (Wildman–Crippen LogP) is 1.91. The second-order valence-electron chi connectivity index (χ2n) is 3.19. The van der Waals surface area contributed by atoms with Crippen LogP contribution in [-0.2, 0) is 0 Å². The lowest BCUT2D eigenvalue weighted by atomic mass is 10.2. The van der Waals surface area contributed by atoms with Crippen molar-refractivity contribution >= 4 is 21.8 Å². The van der Waals surface area contributed by atoms with Gasteiger partial charge in [0.15, 0.2) is 0 Å². The molecule has 0 bridgehead atoms. The van der Waals surface area contributed by atoms with Crippen LogP contribution in [0.2, 0.25) is 0 Å². The molecule has 14 heavy (non-hydrogen) atoms. The van der Waals surface area contributed by atoms with Crippen molar-refractivity contribution in [1.82, 2.24) is 4.90 Å². The summed E-state index contributed by atoms with van der Waals surface area (Å²) >= 11 is 3.37. The Morgan fingerprint density at radius 1 is 1.50 bits per heavy atom. The van der Waals surface area contributed by atoms with Crippen molar-refractivity contribution in [2.24, 2.45) is 0 Å². The molecule has 0 radical (unpaired) electrons. The van der Waals surface area contributed by atoms with Crippen molar-refractivity contribution in [2.45, 2.75) is 0 Å². The number of carbonyl (C=O) groups is 1. The normalized spacial score (nSPS) is 15.9. The Kier molecular flexibility index (Phi) is 2.46. The molecule has 0 unspecified atom stereocenters. The number of hydrogen-bond donors (Lipinski definition) is 0. The van der Waals surface area contributed by atoms with Gasteiger partial charge in [0.05, 0.1) is 16.6 Å². The summed E-state index contributed by atoms with van der Waals surface area (Å²) in [6.07, 6.45) is 0. The summed E-state index contributed by atoms with van der Waals surface area (Å²) in [6.45, 7) is 1.16. The minimum atomic E-state index is 0.0128. The second kappa shape index (κ2) is 3.61. The third kappa shape index (κ3) is 1.50. The summed E-state index contributed by atoms with van der Waals surface area (Å²) in [4.78, 5) is 13.5. The topological polar surface area (TPSA) is 29.5 Å². The van der Waals surface area contributed by atoms with E-state index in [1.807, 2.05) is 12.1 Å². The third-order valence-corrected chi connectivity index (χ3v) is 2.84. The number of benzene rings is 1. The Morgan fingerprint density at radius 3 is 3.07 bits per heavy atom. The lowest BCUT2D eigenvalue weighted by Gasteiger charge is -2.12. The van der Waals surface area contributed by atoms with Gasteiger partial charge in [-0.1, -0.05) is 6.07 Å². The van der Waals surface area contributed by atoms with Gasteiger partial charge >= 0.3 is 0 Å². The molecule has 0 spiro atoms. The SMILES string of the molecule is CN1CCOc2c(Br)cccc2C1=O. The standard InChI is InChI=1S/C10H10BrNO2/c1-12-5-6-14-9-7(10(12)13)3-2-4-8(9)11/h2-4H,5-6H2,1H3. The molecule has 1 heterocycles. The molecule has 3 nitrogen and oxygen atoms in total. The Bertz CT molecular complexity index is 378. The highest BCUT2D eigenvalue weighted by Crippen LogP contribution is 2.31. The predicted molar refractivity (Wildman–Crippen MR) is 56.6 cm³/mol. The van der Waals surface area contributed by atoms with E-state index < -0.39 is 0 Å². The molecule has 1 aromatic carbocycles. The van der Waals surface area contributed by atoms with Crippen LogP contribution < -0.4 is 4.74 Å². The highest BCUT2D eigenvalue weighted by molar-refractivity contribution is 9.10. The first-order valence-electron chi connectivity index (χ1n) is 4.37. The number of ether oxygens (including phenoxy) is 1. The lowest BCUT2D eigenvalue weighted by Crippen LogP contribution is -2.27. The fourth-order valence-electron chi connectivity index (χ4n) is 1.42. The number of carbonyl (C=O) groups excluding carboxylic acids is 1. The van der Waals surface area contributed by atoms with Crippen LogP contribution in [-0.4, -0.2) is 31.0 Å². The van der Waals surface area contributed by atoms with Crippen LogP contribution in [0.1, 0.15) is 10.4 Å². The van der Waals surface area contributed by atoms with E-state index in [-0.39, 0.29) is 5.91 Å². The molecule has 2 rings (SSSR count). The van der Waals surface area contributed by atoms with Crippen molar-refractivity contribution in [3.63, 3.8) is 0 Å². The molecule has 0 fully saturated rings. The summed E-state index contributed by atoms with van der Waals surface area (Å²) in [5, 5.41) is 0. The van der Waals surface area contributed by atoms with Gasteiger partial charge in [-0.3, -0.25) is 4.79 Å². The van der Waals surface area contributed by atoms with E-state index in [1.54, 1.807) is 18.0 Å².